The normalized spacial score (nSPS) is 12.6. The molecule has 0 aliphatic heterocycles. The summed E-state index contributed by atoms with van der Waals surface area (Å²) < 4.78 is 0. The van der Waals surface area contributed by atoms with Gasteiger partial charge in [-0.3, -0.25) is 9.78 Å². The highest BCUT2D eigenvalue weighted by atomic mass is 16.2. The maximum atomic E-state index is 12.6. The molecule has 0 saturated carbocycles. The lowest BCUT2D eigenvalue weighted by molar-refractivity contribution is 0.0791. The van der Waals surface area contributed by atoms with Crippen LogP contribution in [0.15, 0.2) is 36.5 Å². The molecule has 1 aromatic carbocycles. The molecule has 2 aromatic rings. The van der Waals surface area contributed by atoms with Gasteiger partial charge in [-0.15, -0.1) is 0 Å². The van der Waals surface area contributed by atoms with Crippen LogP contribution in [0.5, 0.6) is 0 Å². The van der Waals surface area contributed by atoms with Crippen LogP contribution in [0.1, 0.15) is 30.6 Å². The zero-order valence-corrected chi connectivity index (χ0v) is 12.9. The fourth-order valence-electron chi connectivity index (χ4n) is 2.27. The van der Waals surface area contributed by atoms with Crippen molar-refractivity contribution in [2.24, 2.45) is 11.7 Å². The number of aromatic nitrogens is 1. The molecule has 0 bridgehead atoms. The number of hydrogen-bond donors (Lipinski definition) is 1. The SMILES string of the molecule is CC(C)C(N)CCN(C)C(=O)c1cccc2ncccc12. The summed E-state index contributed by atoms with van der Waals surface area (Å²) in [6, 6.07) is 9.55. The average molecular weight is 285 g/mol. The molecule has 1 aromatic heterocycles. The molecule has 1 unspecified atom stereocenters. The van der Waals surface area contributed by atoms with Crippen LogP contribution in [-0.2, 0) is 0 Å². The molecular formula is C17H23N3O. The van der Waals surface area contributed by atoms with Gasteiger partial charge in [-0.25, -0.2) is 0 Å². The highest BCUT2D eigenvalue weighted by molar-refractivity contribution is 6.05. The number of nitrogens with two attached hydrogens (primary N) is 1. The highest BCUT2D eigenvalue weighted by Gasteiger charge is 2.16. The van der Waals surface area contributed by atoms with Crippen molar-refractivity contribution in [3.63, 3.8) is 0 Å². The van der Waals surface area contributed by atoms with E-state index in [0.29, 0.717) is 18.0 Å². The van der Waals surface area contributed by atoms with Crippen molar-refractivity contribution in [1.82, 2.24) is 9.88 Å². The van der Waals surface area contributed by atoms with Gasteiger partial charge in [0.2, 0.25) is 0 Å². The van der Waals surface area contributed by atoms with Gasteiger partial charge in [-0.2, -0.15) is 0 Å². The quantitative estimate of drug-likeness (QED) is 0.919. The van der Waals surface area contributed by atoms with Crippen LogP contribution in [-0.4, -0.2) is 35.4 Å². The van der Waals surface area contributed by atoms with Crippen molar-refractivity contribution in [1.29, 1.82) is 0 Å². The first-order chi connectivity index (χ1) is 10.0. The second-order valence-corrected chi connectivity index (χ2v) is 5.80. The molecule has 4 heteroatoms. The maximum absolute atomic E-state index is 12.6. The number of pyridine rings is 1. The number of carbonyl (C=O) groups excluding carboxylic acids is 1. The third-order valence-electron chi connectivity index (χ3n) is 3.88. The molecule has 1 heterocycles. The van der Waals surface area contributed by atoms with Crippen LogP contribution in [0.4, 0.5) is 0 Å². The molecule has 2 N–H and O–H groups in total. The smallest absolute Gasteiger partial charge is 0.254 e. The van der Waals surface area contributed by atoms with E-state index in [1.54, 1.807) is 11.1 Å². The van der Waals surface area contributed by atoms with Gasteiger partial charge >= 0.3 is 0 Å². The molecule has 0 aliphatic rings. The number of nitrogens with zero attached hydrogens (tertiary/aromatic N) is 2. The lowest BCUT2D eigenvalue weighted by Gasteiger charge is -2.22. The minimum atomic E-state index is 0.0181. The van der Waals surface area contributed by atoms with Gasteiger partial charge < -0.3 is 10.6 Å². The molecule has 4 nitrogen and oxygen atoms in total. The van der Waals surface area contributed by atoms with Gasteiger partial charge in [-0.1, -0.05) is 26.0 Å². The van der Waals surface area contributed by atoms with E-state index in [-0.39, 0.29) is 11.9 Å². The number of benzene rings is 1. The number of carbonyl (C=O) groups is 1. The summed E-state index contributed by atoms with van der Waals surface area (Å²) in [5.74, 6) is 0.444. The van der Waals surface area contributed by atoms with E-state index in [4.69, 9.17) is 5.73 Å². The standard InChI is InChI=1S/C17H23N3O/c1-12(2)15(18)9-11-20(3)17(21)14-6-4-8-16-13(14)7-5-10-19-16/h4-8,10,12,15H,9,11,18H2,1-3H3. The van der Waals surface area contributed by atoms with Crippen LogP contribution < -0.4 is 5.73 Å². The maximum Gasteiger partial charge on any atom is 0.254 e. The summed E-state index contributed by atoms with van der Waals surface area (Å²) >= 11 is 0. The van der Waals surface area contributed by atoms with E-state index in [0.717, 1.165) is 17.3 Å². The summed E-state index contributed by atoms with van der Waals surface area (Å²) in [6.07, 6.45) is 2.55. The molecule has 1 atom stereocenters. The summed E-state index contributed by atoms with van der Waals surface area (Å²) in [6.45, 7) is 4.86. The Labute approximate surface area is 126 Å². The number of fused-ring (bicyclic) bond motifs is 1. The number of amides is 1. The number of rotatable bonds is 5. The van der Waals surface area contributed by atoms with Gasteiger partial charge in [0.25, 0.3) is 5.91 Å². The van der Waals surface area contributed by atoms with Gasteiger partial charge in [0.15, 0.2) is 0 Å². The minimum Gasteiger partial charge on any atom is -0.342 e. The Balaban J connectivity index is 2.15. The van der Waals surface area contributed by atoms with E-state index >= 15 is 0 Å². The summed E-state index contributed by atoms with van der Waals surface area (Å²) in [5.41, 5.74) is 7.58. The largest absolute Gasteiger partial charge is 0.342 e. The van der Waals surface area contributed by atoms with Gasteiger partial charge in [-0.05, 0) is 30.5 Å². The Hall–Kier alpha value is -1.94. The van der Waals surface area contributed by atoms with E-state index in [2.05, 4.69) is 18.8 Å². The monoisotopic (exact) mass is 285 g/mol. The lowest BCUT2D eigenvalue weighted by Crippen LogP contribution is -2.34. The molecule has 0 fully saturated rings. The molecule has 2 rings (SSSR count). The van der Waals surface area contributed by atoms with Gasteiger partial charge in [0.1, 0.15) is 0 Å². The second kappa shape index (κ2) is 6.68. The van der Waals surface area contributed by atoms with E-state index < -0.39 is 0 Å². The number of hydrogen-bond acceptors (Lipinski definition) is 3. The fraction of sp³-hybridized carbons (Fsp3) is 0.412. The van der Waals surface area contributed by atoms with Crippen molar-refractivity contribution in [2.75, 3.05) is 13.6 Å². The van der Waals surface area contributed by atoms with E-state index in [1.807, 2.05) is 37.4 Å². The van der Waals surface area contributed by atoms with Gasteiger partial charge in [0.05, 0.1) is 5.52 Å². The zero-order chi connectivity index (χ0) is 15.4. The molecule has 0 aliphatic carbocycles. The van der Waals surface area contributed by atoms with Crippen LogP contribution in [0.2, 0.25) is 0 Å². The fourth-order valence-corrected chi connectivity index (χ4v) is 2.27. The van der Waals surface area contributed by atoms with Gasteiger partial charge in [0, 0.05) is 36.8 Å². The highest BCUT2D eigenvalue weighted by Crippen LogP contribution is 2.18. The van der Waals surface area contributed by atoms with Crippen molar-refractivity contribution < 1.29 is 4.79 Å². The van der Waals surface area contributed by atoms with Crippen molar-refractivity contribution in [3.8, 4) is 0 Å². The first kappa shape index (κ1) is 15.4. The Morgan fingerprint density at radius 2 is 2.05 bits per heavy atom. The second-order valence-electron chi connectivity index (χ2n) is 5.80. The Morgan fingerprint density at radius 1 is 1.29 bits per heavy atom. The third-order valence-corrected chi connectivity index (χ3v) is 3.88. The Bertz CT molecular complexity index is 619. The summed E-state index contributed by atoms with van der Waals surface area (Å²) in [7, 11) is 1.82. The topological polar surface area (TPSA) is 59.2 Å². The van der Waals surface area contributed by atoms with Crippen molar-refractivity contribution in [2.45, 2.75) is 26.3 Å². The van der Waals surface area contributed by atoms with E-state index in [1.165, 1.54) is 0 Å². The predicted molar refractivity (Wildman–Crippen MR) is 86.1 cm³/mol. The van der Waals surface area contributed by atoms with Crippen molar-refractivity contribution >= 4 is 16.8 Å². The predicted octanol–water partition coefficient (Wildman–Crippen LogP) is 2.68. The first-order valence-corrected chi connectivity index (χ1v) is 7.35. The molecule has 0 radical (unpaired) electrons. The molecule has 1 amide bonds. The summed E-state index contributed by atoms with van der Waals surface area (Å²) in [5, 5.41) is 0.894. The summed E-state index contributed by atoms with van der Waals surface area (Å²) in [4.78, 5) is 18.6. The minimum absolute atomic E-state index is 0.0181. The van der Waals surface area contributed by atoms with Crippen molar-refractivity contribution in [3.05, 3.63) is 42.1 Å². The average Bonchev–Trinajstić information content (AvgIpc) is 2.50. The lowest BCUT2D eigenvalue weighted by atomic mass is 10.0. The molecular weight excluding hydrogens is 262 g/mol. The molecule has 21 heavy (non-hydrogen) atoms. The van der Waals surface area contributed by atoms with Crippen LogP contribution >= 0.6 is 0 Å². The third kappa shape index (κ3) is 3.58. The molecule has 112 valence electrons. The van der Waals surface area contributed by atoms with Crippen LogP contribution in [0, 0.1) is 5.92 Å². The van der Waals surface area contributed by atoms with Crippen LogP contribution in [0.25, 0.3) is 10.9 Å². The van der Waals surface area contributed by atoms with Crippen LogP contribution in [0.3, 0.4) is 0 Å². The van der Waals surface area contributed by atoms with E-state index in [9.17, 15) is 4.79 Å². The Morgan fingerprint density at radius 3 is 2.76 bits per heavy atom. The first-order valence-electron chi connectivity index (χ1n) is 7.35. The molecule has 0 spiro atoms. The zero-order valence-electron chi connectivity index (χ0n) is 12.9. The molecule has 0 saturated heterocycles. The Kier molecular flexibility index (Phi) is 4.91.